The van der Waals surface area contributed by atoms with E-state index in [9.17, 15) is 0 Å². The molecule has 0 aromatic heterocycles. The molecular formula is C11H12N2. The highest BCUT2D eigenvalue weighted by atomic mass is 14.9. The fraction of sp³-hybridized carbons (Fsp3) is 0.364. The first-order valence-corrected chi connectivity index (χ1v) is 4.61. The van der Waals surface area contributed by atoms with Gasteiger partial charge in [0.2, 0.25) is 0 Å². The Balaban J connectivity index is 2.16. The van der Waals surface area contributed by atoms with Gasteiger partial charge in [-0.05, 0) is 24.5 Å². The van der Waals surface area contributed by atoms with E-state index in [-0.39, 0.29) is 0 Å². The van der Waals surface area contributed by atoms with Gasteiger partial charge in [-0.2, -0.15) is 5.26 Å². The second kappa shape index (κ2) is 3.49. The van der Waals surface area contributed by atoms with Gasteiger partial charge in [0, 0.05) is 11.7 Å². The van der Waals surface area contributed by atoms with E-state index >= 15 is 0 Å². The number of fused-ring (bicyclic) bond motifs is 1. The van der Waals surface area contributed by atoms with Gasteiger partial charge in [-0.3, -0.25) is 0 Å². The molecule has 2 nitrogen and oxygen atoms in total. The summed E-state index contributed by atoms with van der Waals surface area (Å²) in [5.41, 5.74) is 2.57. The normalized spacial score (nSPS) is 19.8. The average molecular weight is 172 g/mol. The summed E-state index contributed by atoms with van der Waals surface area (Å²) in [6.07, 6.45) is 2.77. The molecule has 1 aliphatic heterocycles. The van der Waals surface area contributed by atoms with Crippen molar-refractivity contribution in [1.82, 2.24) is 0 Å². The first-order chi connectivity index (χ1) is 6.40. The van der Waals surface area contributed by atoms with Crippen molar-refractivity contribution in [3.05, 3.63) is 29.8 Å². The maximum atomic E-state index is 8.58. The van der Waals surface area contributed by atoms with E-state index in [1.165, 1.54) is 11.3 Å². The third-order valence-corrected chi connectivity index (χ3v) is 2.48. The number of rotatable bonds is 1. The van der Waals surface area contributed by atoms with Crippen LogP contribution < -0.4 is 5.32 Å². The van der Waals surface area contributed by atoms with Crippen LogP contribution in [0.25, 0.3) is 0 Å². The summed E-state index contributed by atoms with van der Waals surface area (Å²) in [6.45, 7) is 0. The second-order valence-electron chi connectivity index (χ2n) is 3.40. The summed E-state index contributed by atoms with van der Waals surface area (Å²) < 4.78 is 0. The minimum Gasteiger partial charge on any atom is -0.381 e. The molecule has 1 aliphatic rings. The van der Waals surface area contributed by atoms with E-state index in [0.717, 1.165) is 12.8 Å². The van der Waals surface area contributed by atoms with Crippen LogP contribution in [0.1, 0.15) is 18.4 Å². The highest BCUT2D eigenvalue weighted by Gasteiger charge is 2.15. The fourth-order valence-corrected chi connectivity index (χ4v) is 1.76. The molecule has 0 aliphatic carbocycles. The molecule has 1 N–H and O–H groups in total. The lowest BCUT2D eigenvalue weighted by molar-refractivity contribution is 0.643. The zero-order chi connectivity index (χ0) is 9.10. The fourth-order valence-electron chi connectivity index (χ4n) is 1.76. The maximum Gasteiger partial charge on any atom is 0.0643 e. The lowest BCUT2D eigenvalue weighted by atomic mass is 9.97. The first kappa shape index (κ1) is 8.12. The largest absolute Gasteiger partial charge is 0.381 e. The quantitative estimate of drug-likeness (QED) is 0.705. The van der Waals surface area contributed by atoms with Crippen molar-refractivity contribution in [2.24, 2.45) is 0 Å². The Kier molecular flexibility index (Phi) is 2.18. The van der Waals surface area contributed by atoms with Crippen LogP contribution >= 0.6 is 0 Å². The van der Waals surface area contributed by atoms with Gasteiger partial charge in [0.25, 0.3) is 0 Å². The van der Waals surface area contributed by atoms with E-state index in [4.69, 9.17) is 5.26 Å². The molecule has 0 bridgehead atoms. The lowest BCUT2D eigenvalue weighted by Gasteiger charge is -2.24. The molecule has 0 spiro atoms. The zero-order valence-corrected chi connectivity index (χ0v) is 7.46. The van der Waals surface area contributed by atoms with Crippen molar-refractivity contribution in [3.63, 3.8) is 0 Å². The molecule has 2 rings (SSSR count). The molecule has 0 saturated carbocycles. The van der Waals surface area contributed by atoms with Gasteiger partial charge in [-0.25, -0.2) is 0 Å². The Hall–Kier alpha value is -1.49. The maximum absolute atomic E-state index is 8.58. The highest BCUT2D eigenvalue weighted by molar-refractivity contribution is 5.53. The summed E-state index contributed by atoms with van der Waals surface area (Å²) in [6, 6.07) is 10.9. The number of hydrogen-bond acceptors (Lipinski definition) is 2. The first-order valence-electron chi connectivity index (χ1n) is 4.61. The van der Waals surface area contributed by atoms with Crippen LogP contribution in [0, 0.1) is 11.3 Å². The van der Waals surface area contributed by atoms with Crippen LogP contribution in [0.5, 0.6) is 0 Å². The van der Waals surface area contributed by atoms with Crippen LogP contribution in [-0.4, -0.2) is 6.04 Å². The monoisotopic (exact) mass is 172 g/mol. The van der Waals surface area contributed by atoms with E-state index in [1.54, 1.807) is 0 Å². The van der Waals surface area contributed by atoms with Crippen LogP contribution in [0.2, 0.25) is 0 Å². The van der Waals surface area contributed by atoms with Gasteiger partial charge in [0.1, 0.15) is 0 Å². The zero-order valence-electron chi connectivity index (χ0n) is 7.46. The Morgan fingerprint density at radius 1 is 1.46 bits per heavy atom. The minimum absolute atomic E-state index is 0.347. The number of para-hydroxylation sites is 1. The van der Waals surface area contributed by atoms with Crippen molar-refractivity contribution in [3.8, 4) is 6.07 Å². The van der Waals surface area contributed by atoms with E-state index in [2.05, 4.69) is 29.6 Å². The molecule has 0 saturated heterocycles. The molecule has 0 fully saturated rings. The Morgan fingerprint density at radius 3 is 3.15 bits per heavy atom. The van der Waals surface area contributed by atoms with Gasteiger partial charge in [0.15, 0.2) is 0 Å². The Bertz CT molecular complexity index is 338. The summed E-state index contributed by atoms with van der Waals surface area (Å²) in [5.74, 6) is 0. The predicted molar refractivity (Wildman–Crippen MR) is 52.4 cm³/mol. The van der Waals surface area contributed by atoms with Crippen molar-refractivity contribution < 1.29 is 0 Å². The molecule has 0 unspecified atom stereocenters. The van der Waals surface area contributed by atoms with Crippen molar-refractivity contribution in [1.29, 1.82) is 5.26 Å². The smallest absolute Gasteiger partial charge is 0.0643 e. The summed E-state index contributed by atoms with van der Waals surface area (Å²) in [7, 11) is 0. The van der Waals surface area contributed by atoms with Gasteiger partial charge in [-0.15, -0.1) is 0 Å². The van der Waals surface area contributed by atoms with Crippen LogP contribution in [0.3, 0.4) is 0 Å². The standard InChI is InChI=1S/C11H12N2/c12-8-7-10-6-5-9-3-1-2-4-11(9)13-10/h1-4,10,13H,5-7H2/t10-/m1/s1. The predicted octanol–water partition coefficient (Wildman–Crippen LogP) is 2.33. The molecule has 2 heteroatoms. The number of benzene rings is 1. The summed E-state index contributed by atoms with van der Waals surface area (Å²) in [5, 5.41) is 12.0. The highest BCUT2D eigenvalue weighted by Crippen LogP contribution is 2.24. The van der Waals surface area contributed by atoms with Crippen LogP contribution in [0.4, 0.5) is 5.69 Å². The van der Waals surface area contributed by atoms with E-state index in [0.29, 0.717) is 12.5 Å². The molecule has 0 amide bonds. The molecule has 1 heterocycles. The number of nitriles is 1. The van der Waals surface area contributed by atoms with E-state index in [1.807, 2.05) is 6.07 Å². The van der Waals surface area contributed by atoms with E-state index < -0.39 is 0 Å². The van der Waals surface area contributed by atoms with Gasteiger partial charge < -0.3 is 5.32 Å². The topological polar surface area (TPSA) is 35.8 Å². The van der Waals surface area contributed by atoms with Crippen LogP contribution in [0.15, 0.2) is 24.3 Å². The second-order valence-corrected chi connectivity index (χ2v) is 3.40. The Morgan fingerprint density at radius 2 is 2.31 bits per heavy atom. The number of aryl methyl sites for hydroxylation is 1. The average Bonchev–Trinajstić information content (AvgIpc) is 2.18. The summed E-state index contributed by atoms with van der Waals surface area (Å²) >= 11 is 0. The number of hydrogen-bond donors (Lipinski definition) is 1. The van der Waals surface area contributed by atoms with Gasteiger partial charge in [-0.1, -0.05) is 18.2 Å². The molecule has 1 aromatic rings. The van der Waals surface area contributed by atoms with Crippen molar-refractivity contribution in [2.75, 3.05) is 5.32 Å². The minimum atomic E-state index is 0.347. The molecule has 0 radical (unpaired) electrons. The van der Waals surface area contributed by atoms with Crippen molar-refractivity contribution in [2.45, 2.75) is 25.3 Å². The number of nitrogens with one attached hydrogen (secondary N) is 1. The number of anilines is 1. The van der Waals surface area contributed by atoms with Crippen molar-refractivity contribution >= 4 is 5.69 Å². The summed E-state index contributed by atoms with van der Waals surface area (Å²) in [4.78, 5) is 0. The number of nitrogens with zero attached hydrogens (tertiary/aromatic N) is 1. The van der Waals surface area contributed by atoms with Gasteiger partial charge in [0.05, 0.1) is 12.5 Å². The molecule has 1 aromatic carbocycles. The molecular weight excluding hydrogens is 160 g/mol. The SMILES string of the molecule is N#CC[C@H]1CCc2ccccc2N1. The van der Waals surface area contributed by atoms with Crippen LogP contribution in [-0.2, 0) is 6.42 Å². The third kappa shape index (κ3) is 1.65. The third-order valence-electron chi connectivity index (χ3n) is 2.48. The molecule has 1 atom stereocenters. The van der Waals surface area contributed by atoms with Gasteiger partial charge >= 0.3 is 0 Å². The lowest BCUT2D eigenvalue weighted by Crippen LogP contribution is -2.24. The molecule has 13 heavy (non-hydrogen) atoms. The Labute approximate surface area is 78.2 Å². The molecule has 66 valence electrons.